The van der Waals surface area contributed by atoms with Gasteiger partial charge in [0.15, 0.2) is 0 Å². The van der Waals surface area contributed by atoms with Gasteiger partial charge in [0.25, 0.3) is 0 Å². The molecule has 5 aromatic rings. The number of ether oxygens (including phenoxy) is 1. The van der Waals surface area contributed by atoms with Gasteiger partial charge in [-0.3, -0.25) is 0 Å². The molecule has 32 heavy (non-hydrogen) atoms. The summed E-state index contributed by atoms with van der Waals surface area (Å²) in [6, 6.07) is 37.7. The highest BCUT2D eigenvalue weighted by Gasteiger charge is 2.09. The number of hydrogen-bond acceptors (Lipinski definition) is 3. The molecule has 0 saturated heterocycles. The van der Waals surface area contributed by atoms with E-state index in [9.17, 15) is 4.79 Å². The highest BCUT2D eigenvalue weighted by atomic mass is 16.5. The Balaban J connectivity index is 1.34. The maximum Gasteiger partial charge on any atom is 0.338 e. The van der Waals surface area contributed by atoms with Crippen LogP contribution in [0.4, 0.5) is 0 Å². The summed E-state index contributed by atoms with van der Waals surface area (Å²) in [6.45, 7) is 0.266. The van der Waals surface area contributed by atoms with Crippen LogP contribution in [0.3, 0.4) is 0 Å². The minimum absolute atomic E-state index is 0.266. The van der Waals surface area contributed by atoms with Crippen molar-refractivity contribution in [3.05, 3.63) is 126 Å². The Morgan fingerprint density at radius 3 is 2.25 bits per heavy atom. The van der Waals surface area contributed by atoms with E-state index >= 15 is 0 Å². The van der Waals surface area contributed by atoms with Crippen LogP contribution in [0, 0.1) is 0 Å². The molecular formula is C29H21NO2. The molecule has 0 spiro atoms. The van der Waals surface area contributed by atoms with Crippen molar-refractivity contribution in [2.75, 3.05) is 0 Å². The van der Waals surface area contributed by atoms with Gasteiger partial charge in [0.2, 0.25) is 0 Å². The Morgan fingerprint density at radius 1 is 0.656 bits per heavy atom. The van der Waals surface area contributed by atoms with Gasteiger partial charge in [-0.05, 0) is 47.0 Å². The van der Waals surface area contributed by atoms with Gasteiger partial charge in [-0.25, -0.2) is 9.78 Å². The van der Waals surface area contributed by atoms with E-state index in [1.165, 1.54) is 0 Å². The third-order valence-corrected chi connectivity index (χ3v) is 5.42. The summed E-state index contributed by atoms with van der Waals surface area (Å²) in [5.41, 5.74) is 6.59. The number of carbonyl (C=O) groups excluding carboxylic acids is 1. The van der Waals surface area contributed by atoms with E-state index in [1.54, 1.807) is 0 Å². The van der Waals surface area contributed by atoms with Crippen molar-refractivity contribution in [2.45, 2.75) is 6.61 Å². The molecule has 0 atom stereocenters. The maximum atomic E-state index is 12.4. The molecule has 0 unspecified atom stereocenters. The van der Waals surface area contributed by atoms with Crippen molar-refractivity contribution in [2.24, 2.45) is 0 Å². The molecule has 1 heterocycles. The average Bonchev–Trinajstić information content (AvgIpc) is 2.88. The molecule has 0 aliphatic carbocycles. The smallest absolute Gasteiger partial charge is 0.338 e. The van der Waals surface area contributed by atoms with E-state index in [2.05, 4.69) is 30.3 Å². The normalized spacial score (nSPS) is 10.8. The van der Waals surface area contributed by atoms with Crippen molar-refractivity contribution in [1.29, 1.82) is 0 Å². The Labute approximate surface area is 187 Å². The van der Waals surface area contributed by atoms with E-state index in [-0.39, 0.29) is 12.6 Å². The SMILES string of the molecule is O=C(OCc1ccccc1)c1ccc(-c2cccc(-c3ccc4ccccc4n3)c2)cc1. The van der Waals surface area contributed by atoms with Gasteiger partial charge in [0.05, 0.1) is 16.8 Å². The lowest BCUT2D eigenvalue weighted by molar-refractivity contribution is 0.0472. The largest absolute Gasteiger partial charge is 0.457 e. The fraction of sp³-hybridized carbons (Fsp3) is 0.0345. The molecule has 1 aromatic heterocycles. The van der Waals surface area contributed by atoms with Gasteiger partial charge < -0.3 is 4.74 Å². The predicted molar refractivity (Wildman–Crippen MR) is 128 cm³/mol. The Morgan fingerprint density at radius 2 is 1.41 bits per heavy atom. The molecule has 0 aliphatic rings. The number of pyridine rings is 1. The minimum Gasteiger partial charge on any atom is -0.457 e. The van der Waals surface area contributed by atoms with Crippen LogP contribution in [0.25, 0.3) is 33.3 Å². The molecule has 154 valence electrons. The van der Waals surface area contributed by atoms with Crippen molar-refractivity contribution < 1.29 is 9.53 Å². The van der Waals surface area contributed by atoms with Gasteiger partial charge in [0, 0.05) is 10.9 Å². The molecule has 4 aromatic carbocycles. The molecule has 0 N–H and O–H groups in total. The van der Waals surface area contributed by atoms with Crippen LogP contribution in [0.15, 0.2) is 115 Å². The number of hydrogen-bond donors (Lipinski definition) is 0. The first-order chi connectivity index (χ1) is 15.8. The average molecular weight is 415 g/mol. The lowest BCUT2D eigenvalue weighted by atomic mass is 10.00. The van der Waals surface area contributed by atoms with Gasteiger partial charge in [-0.1, -0.05) is 84.9 Å². The van der Waals surface area contributed by atoms with Crippen molar-refractivity contribution in [1.82, 2.24) is 4.98 Å². The predicted octanol–water partition coefficient (Wildman–Crippen LogP) is 6.93. The fourth-order valence-electron chi connectivity index (χ4n) is 3.69. The quantitative estimate of drug-likeness (QED) is 0.292. The summed E-state index contributed by atoms with van der Waals surface area (Å²) in [6.07, 6.45) is 0. The number of fused-ring (bicyclic) bond motifs is 1. The first kappa shape index (κ1) is 19.7. The zero-order valence-electron chi connectivity index (χ0n) is 17.4. The van der Waals surface area contributed by atoms with Crippen LogP contribution in [-0.4, -0.2) is 11.0 Å². The Hall–Kier alpha value is -4.24. The Bertz CT molecular complexity index is 1380. The molecular weight excluding hydrogens is 394 g/mol. The summed E-state index contributed by atoms with van der Waals surface area (Å²) >= 11 is 0. The van der Waals surface area contributed by atoms with E-state index in [0.717, 1.165) is 38.9 Å². The van der Waals surface area contributed by atoms with Crippen LogP contribution in [0.1, 0.15) is 15.9 Å². The van der Waals surface area contributed by atoms with Crippen LogP contribution < -0.4 is 0 Å². The van der Waals surface area contributed by atoms with Crippen LogP contribution >= 0.6 is 0 Å². The number of carbonyl (C=O) groups is 1. The molecule has 0 radical (unpaired) electrons. The molecule has 0 fully saturated rings. The summed E-state index contributed by atoms with van der Waals surface area (Å²) < 4.78 is 5.42. The number of esters is 1. The van der Waals surface area contributed by atoms with Gasteiger partial charge in [0.1, 0.15) is 6.61 Å². The summed E-state index contributed by atoms with van der Waals surface area (Å²) in [5.74, 6) is -0.325. The standard InChI is InChI=1S/C29H21NO2/c31-29(32-20-21-7-2-1-3-8-21)24-15-13-22(14-16-24)25-10-6-11-26(19-25)28-18-17-23-9-4-5-12-27(23)30-28/h1-19H,20H2. The number of rotatable bonds is 5. The second kappa shape index (κ2) is 8.86. The summed E-state index contributed by atoms with van der Waals surface area (Å²) in [7, 11) is 0. The molecule has 5 rings (SSSR count). The number of para-hydroxylation sites is 1. The number of nitrogens with zero attached hydrogens (tertiary/aromatic N) is 1. The first-order valence-corrected chi connectivity index (χ1v) is 10.5. The first-order valence-electron chi connectivity index (χ1n) is 10.5. The van der Waals surface area contributed by atoms with E-state index in [4.69, 9.17) is 9.72 Å². The lowest BCUT2D eigenvalue weighted by Crippen LogP contribution is -2.05. The third kappa shape index (κ3) is 4.28. The Kier molecular flexibility index (Phi) is 5.46. The minimum atomic E-state index is -0.325. The summed E-state index contributed by atoms with van der Waals surface area (Å²) in [4.78, 5) is 17.2. The molecule has 3 heteroatoms. The second-order valence-corrected chi connectivity index (χ2v) is 7.61. The number of aromatic nitrogens is 1. The van der Waals surface area contributed by atoms with E-state index < -0.39 is 0 Å². The zero-order chi connectivity index (χ0) is 21.8. The molecule has 0 bridgehead atoms. The highest BCUT2D eigenvalue weighted by Crippen LogP contribution is 2.27. The van der Waals surface area contributed by atoms with Crippen LogP contribution in [-0.2, 0) is 11.3 Å². The second-order valence-electron chi connectivity index (χ2n) is 7.61. The van der Waals surface area contributed by atoms with Crippen LogP contribution in [0.5, 0.6) is 0 Å². The summed E-state index contributed by atoms with van der Waals surface area (Å²) in [5, 5.41) is 1.13. The maximum absolute atomic E-state index is 12.4. The zero-order valence-corrected chi connectivity index (χ0v) is 17.4. The lowest BCUT2D eigenvalue weighted by Gasteiger charge is -2.08. The van der Waals surface area contributed by atoms with Crippen molar-refractivity contribution in [3.8, 4) is 22.4 Å². The van der Waals surface area contributed by atoms with Gasteiger partial charge in [-0.2, -0.15) is 0 Å². The van der Waals surface area contributed by atoms with Gasteiger partial charge >= 0.3 is 5.97 Å². The molecule has 0 aliphatic heterocycles. The molecule has 0 amide bonds. The molecule has 0 saturated carbocycles. The van der Waals surface area contributed by atoms with Gasteiger partial charge in [-0.15, -0.1) is 0 Å². The van der Waals surface area contributed by atoms with E-state index in [0.29, 0.717) is 5.56 Å². The van der Waals surface area contributed by atoms with Crippen molar-refractivity contribution >= 4 is 16.9 Å². The topological polar surface area (TPSA) is 39.2 Å². The highest BCUT2D eigenvalue weighted by molar-refractivity contribution is 5.90. The molecule has 3 nitrogen and oxygen atoms in total. The van der Waals surface area contributed by atoms with Crippen molar-refractivity contribution in [3.63, 3.8) is 0 Å². The fourth-order valence-corrected chi connectivity index (χ4v) is 3.69. The monoisotopic (exact) mass is 415 g/mol. The van der Waals surface area contributed by atoms with Crippen LogP contribution in [0.2, 0.25) is 0 Å². The number of benzene rings is 4. The third-order valence-electron chi connectivity index (χ3n) is 5.42. The van der Waals surface area contributed by atoms with E-state index in [1.807, 2.05) is 84.9 Å².